The van der Waals surface area contributed by atoms with Crippen molar-refractivity contribution in [3.8, 4) is 0 Å². The molecule has 0 aromatic heterocycles. The normalized spacial score (nSPS) is 12.2. The van der Waals surface area contributed by atoms with Crippen LogP contribution in [-0.4, -0.2) is 18.6 Å². The number of alkyl halides is 1. The zero-order chi connectivity index (χ0) is 14.0. The van der Waals surface area contributed by atoms with Gasteiger partial charge in [-0.05, 0) is 11.1 Å². The van der Waals surface area contributed by atoms with Gasteiger partial charge in [0.05, 0.1) is 31.8 Å². The van der Waals surface area contributed by atoms with Gasteiger partial charge in [0.25, 0.3) is 0 Å². The third-order valence-electron chi connectivity index (χ3n) is 2.92. The average Bonchev–Trinajstić information content (AvgIpc) is 2.52. The van der Waals surface area contributed by atoms with Crippen LogP contribution in [0.5, 0.6) is 0 Å². The first-order valence-electron chi connectivity index (χ1n) is 6.71. The first-order chi connectivity index (χ1) is 9.88. The summed E-state index contributed by atoms with van der Waals surface area (Å²) < 4.78 is 11.4. The van der Waals surface area contributed by atoms with Gasteiger partial charge in [-0.1, -0.05) is 60.7 Å². The molecule has 1 unspecified atom stereocenters. The molecule has 0 saturated heterocycles. The van der Waals surface area contributed by atoms with Crippen molar-refractivity contribution in [3.63, 3.8) is 0 Å². The Morgan fingerprint density at radius 3 is 1.90 bits per heavy atom. The highest BCUT2D eigenvalue weighted by Crippen LogP contribution is 2.07. The second kappa shape index (κ2) is 8.75. The number of hydrogen-bond donors (Lipinski definition) is 0. The van der Waals surface area contributed by atoms with Crippen LogP contribution < -0.4 is 0 Å². The Morgan fingerprint density at radius 1 is 0.800 bits per heavy atom. The summed E-state index contributed by atoms with van der Waals surface area (Å²) in [6.45, 7) is 1.65. The smallest absolute Gasteiger partial charge is 0.0948 e. The van der Waals surface area contributed by atoms with E-state index in [-0.39, 0.29) is 6.10 Å². The SMILES string of the molecule is ClCC(COCc1ccccc1)OCc1ccccc1. The van der Waals surface area contributed by atoms with Crippen LogP contribution in [0, 0.1) is 0 Å². The molecular weight excluding hydrogens is 272 g/mol. The third-order valence-corrected chi connectivity index (χ3v) is 3.26. The van der Waals surface area contributed by atoms with Crippen molar-refractivity contribution < 1.29 is 9.47 Å². The number of ether oxygens (including phenoxy) is 2. The van der Waals surface area contributed by atoms with Gasteiger partial charge in [0, 0.05) is 0 Å². The largest absolute Gasteiger partial charge is 0.374 e. The van der Waals surface area contributed by atoms with E-state index in [1.54, 1.807) is 0 Å². The topological polar surface area (TPSA) is 18.5 Å². The molecule has 20 heavy (non-hydrogen) atoms. The fourth-order valence-corrected chi connectivity index (χ4v) is 1.99. The fourth-order valence-electron chi connectivity index (χ4n) is 1.81. The first kappa shape index (κ1) is 15.0. The molecule has 0 aliphatic rings. The van der Waals surface area contributed by atoms with Crippen LogP contribution in [0.1, 0.15) is 11.1 Å². The van der Waals surface area contributed by atoms with Gasteiger partial charge in [-0.15, -0.1) is 11.6 Å². The maximum Gasteiger partial charge on any atom is 0.0948 e. The molecule has 0 amide bonds. The van der Waals surface area contributed by atoms with Gasteiger partial charge in [-0.3, -0.25) is 0 Å². The summed E-state index contributed by atoms with van der Waals surface area (Å²) in [5, 5.41) is 0. The average molecular weight is 291 g/mol. The lowest BCUT2D eigenvalue weighted by atomic mass is 10.2. The molecule has 0 heterocycles. The van der Waals surface area contributed by atoms with Crippen molar-refractivity contribution in [1.82, 2.24) is 0 Å². The second-order valence-electron chi connectivity index (χ2n) is 4.57. The monoisotopic (exact) mass is 290 g/mol. The van der Waals surface area contributed by atoms with E-state index in [0.29, 0.717) is 25.7 Å². The number of halogens is 1. The van der Waals surface area contributed by atoms with E-state index < -0.39 is 0 Å². The molecule has 0 fully saturated rings. The predicted molar refractivity (Wildman–Crippen MR) is 81.8 cm³/mol. The second-order valence-corrected chi connectivity index (χ2v) is 4.88. The van der Waals surface area contributed by atoms with E-state index in [2.05, 4.69) is 0 Å². The summed E-state index contributed by atoms with van der Waals surface area (Å²) >= 11 is 5.91. The zero-order valence-corrected chi connectivity index (χ0v) is 12.1. The maximum absolute atomic E-state index is 5.91. The molecule has 2 aromatic carbocycles. The molecule has 0 bridgehead atoms. The lowest BCUT2D eigenvalue weighted by Gasteiger charge is -2.15. The highest BCUT2D eigenvalue weighted by Gasteiger charge is 2.08. The van der Waals surface area contributed by atoms with Crippen molar-refractivity contribution in [2.75, 3.05) is 12.5 Å². The fraction of sp³-hybridized carbons (Fsp3) is 0.294. The van der Waals surface area contributed by atoms with Crippen LogP contribution in [0.3, 0.4) is 0 Å². The van der Waals surface area contributed by atoms with Crippen molar-refractivity contribution in [2.45, 2.75) is 19.3 Å². The Kier molecular flexibility index (Phi) is 6.58. The van der Waals surface area contributed by atoms with E-state index >= 15 is 0 Å². The molecule has 2 nitrogen and oxygen atoms in total. The molecule has 1 atom stereocenters. The highest BCUT2D eigenvalue weighted by atomic mass is 35.5. The van der Waals surface area contributed by atoms with Crippen LogP contribution >= 0.6 is 11.6 Å². The Labute approximate surface area is 125 Å². The van der Waals surface area contributed by atoms with Crippen molar-refractivity contribution in [1.29, 1.82) is 0 Å². The predicted octanol–water partition coefficient (Wildman–Crippen LogP) is 4.03. The maximum atomic E-state index is 5.91. The van der Waals surface area contributed by atoms with Crippen molar-refractivity contribution in [3.05, 3.63) is 71.8 Å². The summed E-state index contributed by atoms with van der Waals surface area (Å²) in [5.74, 6) is 0.432. The van der Waals surface area contributed by atoms with Gasteiger partial charge < -0.3 is 9.47 Å². The zero-order valence-electron chi connectivity index (χ0n) is 11.4. The summed E-state index contributed by atoms with van der Waals surface area (Å²) in [6.07, 6.45) is -0.0828. The van der Waals surface area contributed by atoms with Crippen LogP contribution in [0.25, 0.3) is 0 Å². The molecule has 0 saturated carbocycles. The Morgan fingerprint density at radius 2 is 1.35 bits per heavy atom. The molecule has 0 aliphatic heterocycles. The summed E-state index contributed by atoms with van der Waals surface area (Å²) in [4.78, 5) is 0. The van der Waals surface area contributed by atoms with E-state index in [4.69, 9.17) is 21.1 Å². The molecular formula is C17H19ClO2. The molecule has 3 heteroatoms. The molecule has 2 aromatic rings. The molecule has 0 radical (unpaired) electrons. The van der Waals surface area contributed by atoms with E-state index in [9.17, 15) is 0 Å². The highest BCUT2D eigenvalue weighted by molar-refractivity contribution is 6.18. The summed E-state index contributed by atoms with van der Waals surface area (Å²) in [7, 11) is 0. The minimum absolute atomic E-state index is 0.0828. The minimum atomic E-state index is -0.0828. The van der Waals surface area contributed by atoms with Gasteiger partial charge in [-0.2, -0.15) is 0 Å². The van der Waals surface area contributed by atoms with Crippen LogP contribution in [-0.2, 0) is 22.7 Å². The van der Waals surface area contributed by atoms with Crippen LogP contribution in [0.4, 0.5) is 0 Å². The summed E-state index contributed by atoms with van der Waals surface area (Å²) in [5.41, 5.74) is 2.30. The lowest BCUT2D eigenvalue weighted by Crippen LogP contribution is -2.21. The van der Waals surface area contributed by atoms with Crippen molar-refractivity contribution in [2.24, 2.45) is 0 Å². The Bertz CT molecular complexity index is 473. The van der Waals surface area contributed by atoms with Gasteiger partial charge in [0.15, 0.2) is 0 Å². The van der Waals surface area contributed by atoms with E-state index in [1.165, 1.54) is 0 Å². The van der Waals surface area contributed by atoms with Gasteiger partial charge in [-0.25, -0.2) is 0 Å². The van der Waals surface area contributed by atoms with Crippen LogP contribution in [0.15, 0.2) is 60.7 Å². The molecule has 106 valence electrons. The number of benzene rings is 2. The molecule has 0 aliphatic carbocycles. The van der Waals surface area contributed by atoms with E-state index in [1.807, 2.05) is 60.7 Å². The number of rotatable bonds is 8. The quantitative estimate of drug-likeness (QED) is 0.684. The van der Waals surface area contributed by atoms with Crippen LogP contribution in [0.2, 0.25) is 0 Å². The molecule has 0 spiro atoms. The minimum Gasteiger partial charge on any atom is -0.374 e. The molecule has 2 rings (SSSR count). The lowest BCUT2D eigenvalue weighted by molar-refractivity contribution is -0.0179. The third kappa shape index (κ3) is 5.33. The van der Waals surface area contributed by atoms with Gasteiger partial charge in [0.1, 0.15) is 0 Å². The number of hydrogen-bond acceptors (Lipinski definition) is 2. The van der Waals surface area contributed by atoms with Gasteiger partial charge >= 0.3 is 0 Å². The Balaban J connectivity index is 1.70. The van der Waals surface area contributed by atoms with Gasteiger partial charge in [0.2, 0.25) is 0 Å². The van der Waals surface area contributed by atoms with E-state index in [0.717, 1.165) is 11.1 Å². The van der Waals surface area contributed by atoms with Crippen molar-refractivity contribution >= 4 is 11.6 Å². The first-order valence-corrected chi connectivity index (χ1v) is 7.25. The standard InChI is InChI=1S/C17H19ClO2/c18-11-17(20-13-16-9-5-2-6-10-16)14-19-12-15-7-3-1-4-8-15/h1-10,17H,11-14H2. The summed E-state index contributed by atoms with van der Waals surface area (Å²) in [6, 6.07) is 20.2. The Hall–Kier alpha value is -1.35. The molecule has 0 N–H and O–H groups in total.